The Hall–Kier alpha value is -1.79. The third kappa shape index (κ3) is 4.71. The molecule has 6 heteroatoms. The van der Waals surface area contributed by atoms with Crippen LogP contribution in [0.2, 0.25) is 0 Å². The van der Waals surface area contributed by atoms with Crippen molar-refractivity contribution in [2.75, 3.05) is 26.3 Å². The number of nitrogens with zero attached hydrogens (tertiary/aromatic N) is 4. The molecule has 0 aliphatic rings. The molecule has 0 radical (unpaired) electrons. The molecule has 20 heavy (non-hydrogen) atoms. The number of rotatable bonds is 9. The normalized spacial score (nSPS) is 10.8. The summed E-state index contributed by atoms with van der Waals surface area (Å²) >= 11 is 0. The summed E-state index contributed by atoms with van der Waals surface area (Å²) < 4.78 is 5.27. The molecule has 108 valence electrons. The number of aromatic nitrogens is 4. The average molecular weight is 275 g/mol. The molecular formula is C14H21N5O. The molecular weight excluding hydrogens is 254 g/mol. The molecule has 0 fully saturated rings. The number of nitrogens with one attached hydrogen (secondary N) is 1. The van der Waals surface area contributed by atoms with Crippen molar-refractivity contribution in [2.24, 2.45) is 0 Å². The van der Waals surface area contributed by atoms with Gasteiger partial charge in [0.1, 0.15) is 0 Å². The molecule has 0 spiro atoms. The molecule has 0 saturated carbocycles. The second kappa shape index (κ2) is 8.39. The van der Waals surface area contributed by atoms with E-state index in [2.05, 4.69) is 20.7 Å². The van der Waals surface area contributed by atoms with Crippen molar-refractivity contribution in [2.45, 2.75) is 19.9 Å². The Morgan fingerprint density at radius 2 is 2.05 bits per heavy atom. The summed E-state index contributed by atoms with van der Waals surface area (Å²) in [6.45, 7) is 6.09. The van der Waals surface area contributed by atoms with Crippen LogP contribution in [-0.4, -0.2) is 46.5 Å². The molecule has 0 aliphatic carbocycles. The molecule has 0 bridgehead atoms. The quantitative estimate of drug-likeness (QED) is 0.700. The van der Waals surface area contributed by atoms with Gasteiger partial charge in [-0.3, -0.25) is 0 Å². The number of tetrazole rings is 1. The van der Waals surface area contributed by atoms with Crippen LogP contribution < -0.4 is 5.32 Å². The third-order valence-electron chi connectivity index (χ3n) is 2.82. The second-order valence-corrected chi connectivity index (χ2v) is 4.38. The molecule has 2 aromatic rings. The summed E-state index contributed by atoms with van der Waals surface area (Å²) in [4.78, 5) is 1.62. The molecule has 1 heterocycles. The number of ether oxygens (including phenoxy) is 1. The van der Waals surface area contributed by atoms with E-state index in [1.54, 1.807) is 4.80 Å². The van der Waals surface area contributed by atoms with Gasteiger partial charge in [0, 0.05) is 25.3 Å². The predicted octanol–water partition coefficient (Wildman–Crippen LogP) is 1.36. The van der Waals surface area contributed by atoms with Gasteiger partial charge in [-0.25, -0.2) is 0 Å². The van der Waals surface area contributed by atoms with Crippen molar-refractivity contribution in [1.82, 2.24) is 25.5 Å². The fourth-order valence-corrected chi connectivity index (χ4v) is 1.79. The molecule has 2 rings (SSSR count). The van der Waals surface area contributed by atoms with E-state index < -0.39 is 0 Å². The van der Waals surface area contributed by atoms with Gasteiger partial charge in [-0.1, -0.05) is 30.3 Å². The Balaban J connectivity index is 1.69. The fraction of sp³-hybridized carbons (Fsp3) is 0.500. The molecule has 0 aliphatic heterocycles. The lowest BCUT2D eigenvalue weighted by Gasteiger charge is -2.03. The van der Waals surface area contributed by atoms with E-state index in [1.165, 1.54) is 0 Å². The van der Waals surface area contributed by atoms with E-state index >= 15 is 0 Å². The van der Waals surface area contributed by atoms with E-state index in [0.717, 1.165) is 38.3 Å². The van der Waals surface area contributed by atoms with Crippen LogP contribution in [0.4, 0.5) is 0 Å². The maximum absolute atomic E-state index is 5.27. The Kier molecular flexibility index (Phi) is 6.13. The summed E-state index contributed by atoms with van der Waals surface area (Å²) in [5.74, 6) is 0.668. The topological polar surface area (TPSA) is 64.9 Å². The van der Waals surface area contributed by atoms with Crippen LogP contribution in [0.1, 0.15) is 13.3 Å². The van der Waals surface area contributed by atoms with Crippen molar-refractivity contribution < 1.29 is 4.74 Å². The lowest BCUT2D eigenvalue weighted by Crippen LogP contribution is -2.23. The van der Waals surface area contributed by atoms with E-state index in [4.69, 9.17) is 4.74 Å². The number of benzene rings is 1. The van der Waals surface area contributed by atoms with Crippen LogP contribution in [0.15, 0.2) is 30.3 Å². The van der Waals surface area contributed by atoms with Crippen molar-refractivity contribution in [3.05, 3.63) is 30.3 Å². The smallest absolute Gasteiger partial charge is 0.204 e. The van der Waals surface area contributed by atoms with Crippen LogP contribution in [-0.2, 0) is 11.3 Å². The van der Waals surface area contributed by atoms with Gasteiger partial charge in [0.25, 0.3) is 0 Å². The molecule has 1 aromatic carbocycles. The van der Waals surface area contributed by atoms with Crippen molar-refractivity contribution in [3.8, 4) is 11.4 Å². The summed E-state index contributed by atoms with van der Waals surface area (Å²) in [5.41, 5.74) is 0.989. The first-order chi connectivity index (χ1) is 9.90. The minimum atomic E-state index is 0.668. The Morgan fingerprint density at radius 1 is 1.20 bits per heavy atom. The molecule has 6 nitrogen and oxygen atoms in total. The minimum Gasteiger partial charge on any atom is -0.382 e. The van der Waals surface area contributed by atoms with Gasteiger partial charge in [0.15, 0.2) is 0 Å². The summed E-state index contributed by atoms with van der Waals surface area (Å²) in [5, 5.41) is 15.8. The van der Waals surface area contributed by atoms with Crippen LogP contribution in [0, 0.1) is 0 Å². The summed E-state index contributed by atoms with van der Waals surface area (Å²) in [6.07, 6.45) is 1.02. The predicted molar refractivity (Wildman–Crippen MR) is 77.2 cm³/mol. The van der Waals surface area contributed by atoms with Gasteiger partial charge in [-0.15, -0.1) is 10.2 Å². The van der Waals surface area contributed by atoms with Crippen LogP contribution in [0.5, 0.6) is 0 Å². The van der Waals surface area contributed by atoms with E-state index in [0.29, 0.717) is 12.4 Å². The third-order valence-corrected chi connectivity index (χ3v) is 2.82. The molecule has 0 unspecified atom stereocenters. The molecule has 0 saturated heterocycles. The highest BCUT2D eigenvalue weighted by molar-refractivity contribution is 5.52. The first-order valence-electron chi connectivity index (χ1n) is 7.02. The zero-order valence-corrected chi connectivity index (χ0v) is 11.8. The monoisotopic (exact) mass is 275 g/mol. The summed E-state index contributed by atoms with van der Waals surface area (Å²) in [6, 6.07) is 9.87. The standard InChI is InChI=1S/C14H21N5O/c1-2-20-12-6-9-15-10-11-19-17-14(16-18-19)13-7-4-3-5-8-13/h3-5,7-8,15H,2,6,9-12H2,1H3. The average Bonchev–Trinajstić information content (AvgIpc) is 2.96. The molecule has 1 N–H and O–H groups in total. The van der Waals surface area contributed by atoms with Gasteiger partial charge in [-0.05, 0) is 25.1 Å². The second-order valence-electron chi connectivity index (χ2n) is 4.38. The Labute approximate surface area is 119 Å². The SMILES string of the molecule is CCOCCCNCCn1nnc(-c2ccccc2)n1. The largest absolute Gasteiger partial charge is 0.382 e. The molecule has 1 aromatic heterocycles. The minimum absolute atomic E-state index is 0.668. The van der Waals surface area contributed by atoms with E-state index in [1.807, 2.05) is 37.3 Å². The zero-order chi connectivity index (χ0) is 14.0. The number of hydrogen-bond donors (Lipinski definition) is 1. The van der Waals surface area contributed by atoms with Crippen molar-refractivity contribution in [3.63, 3.8) is 0 Å². The first kappa shape index (κ1) is 14.6. The van der Waals surface area contributed by atoms with Gasteiger partial charge >= 0.3 is 0 Å². The van der Waals surface area contributed by atoms with Gasteiger partial charge in [0.05, 0.1) is 6.54 Å². The Morgan fingerprint density at radius 3 is 2.85 bits per heavy atom. The van der Waals surface area contributed by atoms with Crippen molar-refractivity contribution >= 4 is 0 Å². The first-order valence-corrected chi connectivity index (χ1v) is 7.02. The highest BCUT2D eigenvalue weighted by atomic mass is 16.5. The van der Waals surface area contributed by atoms with E-state index in [9.17, 15) is 0 Å². The number of hydrogen-bond acceptors (Lipinski definition) is 5. The van der Waals surface area contributed by atoms with Gasteiger partial charge < -0.3 is 10.1 Å². The van der Waals surface area contributed by atoms with Crippen LogP contribution >= 0.6 is 0 Å². The van der Waals surface area contributed by atoms with Crippen molar-refractivity contribution in [1.29, 1.82) is 0 Å². The highest BCUT2D eigenvalue weighted by Crippen LogP contribution is 2.11. The van der Waals surface area contributed by atoms with Crippen LogP contribution in [0.3, 0.4) is 0 Å². The van der Waals surface area contributed by atoms with Crippen LogP contribution in [0.25, 0.3) is 11.4 Å². The molecule has 0 amide bonds. The molecule has 0 atom stereocenters. The zero-order valence-electron chi connectivity index (χ0n) is 11.8. The maximum atomic E-state index is 5.27. The van der Waals surface area contributed by atoms with E-state index in [-0.39, 0.29) is 0 Å². The Bertz CT molecular complexity index is 485. The van der Waals surface area contributed by atoms with Gasteiger partial charge in [0.2, 0.25) is 5.82 Å². The van der Waals surface area contributed by atoms with Gasteiger partial charge in [-0.2, -0.15) is 4.80 Å². The summed E-state index contributed by atoms with van der Waals surface area (Å²) in [7, 11) is 0. The highest BCUT2D eigenvalue weighted by Gasteiger charge is 2.04. The maximum Gasteiger partial charge on any atom is 0.204 e. The fourth-order valence-electron chi connectivity index (χ4n) is 1.79. The lowest BCUT2D eigenvalue weighted by atomic mass is 10.2. The lowest BCUT2D eigenvalue weighted by molar-refractivity contribution is 0.144.